The molecule has 0 bridgehead atoms. The summed E-state index contributed by atoms with van der Waals surface area (Å²) in [4.78, 5) is 0. The molecule has 120 valence electrons. The van der Waals surface area contributed by atoms with Crippen molar-refractivity contribution in [2.75, 3.05) is 20.8 Å². The van der Waals surface area contributed by atoms with Gasteiger partial charge < -0.3 is 14.8 Å². The lowest BCUT2D eigenvalue weighted by molar-refractivity contribution is 0.393. The van der Waals surface area contributed by atoms with Crippen LogP contribution in [0, 0.1) is 13.8 Å². The molecule has 0 saturated carbocycles. The van der Waals surface area contributed by atoms with Gasteiger partial charge in [0.05, 0.1) is 19.9 Å². The maximum absolute atomic E-state index is 5.28. The van der Waals surface area contributed by atoms with Gasteiger partial charge in [-0.2, -0.15) is 5.10 Å². The number of hydrogen-bond acceptors (Lipinski definition) is 4. The van der Waals surface area contributed by atoms with Crippen molar-refractivity contribution in [1.29, 1.82) is 0 Å². The largest absolute Gasteiger partial charge is 0.497 e. The third-order valence-corrected chi connectivity index (χ3v) is 3.57. The molecule has 1 aromatic carbocycles. The van der Waals surface area contributed by atoms with Crippen molar-refractivity contribution in [1.82, 2.24) is 15.1 Å². The normalized spacial score (nSPS) is 10.7. The highest BCUT2D eigenvalue weighted by atomic mass is 16.5. The van der Waals surface area contributed by atoms with E-state index in [9.17, 15) is 0 Å². The van der Waals surface area contributed by atoms with E-state index in [-0.39, 0.29) is 0 Å². The first kappa shape index (κ1) is 16.4. The number of benzene rings is 1. The van der Waals surface area contributed by atoms with Gasteiger partial charge in [-0.1, -0.05) is 0 Å². The van der Waals surface area contributed by atoms with E-state index in [2.05, 4.69) is 28.1 Å². The second kappa shape index (κ2) is 7.84. The molecule has 0 fully saturated rings. The topological polar surface area (TPSA) is 48.3 Å². The zero-order valence-electron chi connectivity index (χ0n) is 13.8. The van der Waals surface area contributed by atoms with Crippen LogP contribution in [-0.4, -0.2) is 30.5 Å². The fraction of sp³-hybridized carbons (Fsp3) is 0.471. The van der Waals surface area contributed by atoms with Gasteiger partial charge in [0, 0.05) is 24.8 Å². The van der Waals surface area contributed by atoms with Crippen LogP contribution in [0.25, 0.3) is 0 Å². The van der Waals surface area contributed by atoms with Crippen LogP contribution >= 0.6 is 0 Å². The van der Waals surface area contributed by atoms with Crippen LogP contribution in [0.3, 0.4) is 0 Å². The molecule has 5 heteroatoms. The first-order chi connectivity index (χ1) is 10.6. The van der Waals surface area contributed by atoms with Crippen LogP contribution in [0.15, 0.2) is 24.3 Å². The summed E-state index contributed by atoms with van der Waals surface area (Å²) in [6.07, 6.45) is 1.04. The molecule has 0 spiro atoms. The van der Waals surface area contributed by atoms with Gasteiger partial charge in [0.2, 0.25) is 0 Å². The number of nitrogens with zero attached hydrogens (tertiary/aromatic N) is 2. The second-order valence-electron chi connectivity index (χ2n) is 5.40. The molecule has 5 nitrogen and oxygen atoms in total. The first-order valence-corrected chi connectivity index (χ1v) is 7.56. The van der Waals surface area contributed by atoms with E-state index in [0.29, 0.717) is 0 Å². The van der Waals surface area contributed by atoms with Crippen LogP contribution in [-0.2, 0) is 13.1 Å². The Kier molecular flexibility index (Phi) is 5.83. The summed E-state index contributed by atoms with van der Waals surface area (Å²) < 4.78 is 12.6. The number of aryl methyl sites for hydroxylation is 3. The van der Waals surface area contributed by atoms with E-state index in [1.54, 1.807) is 14.2 Å². The summed E-state index contributed by atoms with van der Waals surface area (Å²) in [6.45, 7) is 6.80. The average molecular weight is 303 g/mol. The summed E-state index contributed by atoms with van der Waals surface area (Å²) in [6, 6.07) is 8.04. The zero-order chi connectivity index (χ0) is 15.9. The molecule has 1 aromatic heterocycles. The van der Waals surface area contributed by atoms with Crippen molar-refractivity contribution in [2.24, 2.45) is 0 Å². The molecule has 0 saturated heterocycles. The minimum atomic E-state index is 0.796. The number of methoxy groups -OCH3 is 2. The van der Waals surface area contributed by atoms with Crippen molar-refractivity contribution in [3.05, 3.63) is 41.2 Å². The highest BCUT2D eigenvalue weighted by Crippen LogP contribution is 2.22. The Bertz CT molecular complexity index is 586. The quantitative estimate of drug-likeness (QED) is 0.762. The fourth-order valence-corrected chi connectivity index (χ4v) is 2.46. The van der Waals surface area contributed by atoms with Gasteiger partial charge >= 0.3 is 0 Å². The third kappa shape index (κ3) is 4.49. The van der Waals surface area contributed by atoms with E-state index in [4.69, 9.17) is 9.47 Å². The first-order valence-electron chi connectivity index (χ1n) is 7.56. The minimum Gasteiger partial charge on any atom is -0.497 e. The van der Waals surface area contributed by atoms with Gasteiger partial charge in [-0.3, -0.25) is 4.68 Å². The van der Waals surface area contributed by atoms with E-state index >= 15 is 0 Å². The molecule has 1 N–H and O–H groups in total. The molecular formula is C17H25N3O2. The SMILES string of the molecule is COc1cc(CNCCCn2nc(C)cc2C)cc(OC)c1. The molecular weight excluding hydrogens is 278 g/mol. The molecule has 0 radical (unpaired) electrons. The third-order valence-electron chi connectivity index (χ3n) is 3.57. The maximum atomic E-state index is 5.28. The Hall–Kier alpha value is -2.01. The highest BCUT2D eigenvalue weighted by Gasteiger charge is 2.03. The van der Waals surface area contributed by atoms with Crippen molar-refractivity contribution in [3.63, 3.8) is 0 Å². The van der Waals surface area contributed by atoms with Crippen LogP contribution in [0.5, 0.6) is 11.5 Å². The van der Waals surface area contributed by atoms with E-state index < -0.39 is 0 Å². The Morgan fingerprint density at radius 2 is 1.73 bits per heavy atom. The molecule has 0 atom stereocenters. The van der Waals surface area contributed by atoms with Crippen molar-refractivity contribution >= 4 is 0 Å². The molecule has 1 heterocycles. The number of hydrogen-bond donors (Lipinski definition) is 1. The Morgan fingerprint density at radius 3 is 2.27 bits per heavy atom. The fourth-order valence-electron chi connectivity index (χ4n) is 2.46. The molecule has 2 aromatic rings. The van der Waals surface area contributed by atoms with Crippen molar-refractivity contribution in [3.8, 4) is 11.5 Å². The van der Waals surface area contributed by atoms with Gasteiger partial charge in [-0.25, -0.2) is 0 Å². The molecule has 0 aliphatic heterocycles. The van der Waals surface area contributed by atoms with Crippen LogP contribution in [0.1, 0.15) is 23.4 Å². The smallest absolute Gasteiger partial charge is 0.122 e. The standard InChI is InChI=1S/C17H25N3O2/c1-13-8-14(2)20(19-13)7-5-6-18-12-15-9-16(21-3)11-17(10-15)22-4/h8-11,18H,5-7,12H2,1-4H3. The summed E-state index contributed by atoms with van der Waals surface area (Å²) in [5, 5.41) is 7.92. The molecule has 2 rings (SSSR count). The lowest BCUT2D eigenvalue weighted by Gasteiger charge is -2.10. The molecule has 0 aliphatic carbocycles. The van der Waals surface area contributed by atoms with E-state index in [0.717, 1.165) is 48.8 Å². The minimum absolute atomic E-state index is 0.796. The monoisotopic (exact) mass is 303 g/mol. The van der Waals surface area contributed by atoms with Crippen LogP contribution < -0.4 is 14.8 Å². The lowest BCUT2D eigenvalue weighted by Crippen LogP contribution is -2.17. The summed E-state index contributed by atoms with van der Waals surface area (Å²) >= 11 is 0. The lowest BCUT2D eigenvalue weighted by atomic mass is 10.2. The van der Waals surface area contributed by atoms with Gasteiger partial charge in [0.25, 0.3) is 0 Å². The molecule has 0 amide bonds. The van der Waals surface area contributed by atoms with Gasteiger partial charge in [-0.05, 0) is 50.6 Å². The maximum Gasteiger partial charge on any atom is 0.122 e. The summed E-state index contributed by atoms with van der Waals surface area (Å²) in [5.74, 6) is 1.64. The predicted molar refractivity (Wildman–Crippen MR) is 87.6 cm³/mol. The van der Waals surface area contributed by atoms with Crippen LogP contribution in [0.4, 0.5) is 0 Å². The summed E-state index contributed by atoms with van der Waals surface area (Å²) in [5.41, 5.74) is 3.45. The average Bonchev–Trinajstić information content (AvgIpc) is 2.84. The second-order valence-corrected chi connectivity index (χ2v) is 5.40. The number of ether oxygens (including phenoxy) is 2. The van der Waals surface area contributed by atoms with Crippen molar-refractivity contribution < 1.29 is 9.47 Å². The van der Waals surface area contributed by atoms with Crippen LogP contribution in [0.2, 0.25) is 0 Å². The number of aromatic nitrogens is 2. The highest BCUT2D eigenvalue weighted by molar-refractivity contribution is 5.38. The van der Waals surface area contributed by atoms with Gasteiger partial charge in [-0.15, -0.1) is 0 Å². The molecule has 0 unspecified atom stereocenters. The predicted octanol–water partition coefficient (Wildman–Crippen LogP) is 2.70. The Morgan fingerprint density at radius 1 is 1.05 bits per heavy atom. The van der Waals surface area contributed by atoms with Crippen molar-refractivity contribution in [2.45, 2.75) is 33.4 Å². The zero-order valence-corrected chi connectivity index (χ0v) is 13.8. The Labute approximate surface area is 132 Å². The Balaban J connectivity index is 1.78. The van der Waals surface area contributed by atoms with Gasteiger partial charge in [0.15, 0.2) is 0 Å². The molecule has 0 aliphatic rings. The van der Waals surface area contributed by atoms with Gasteiger partial charge in [0.1, 0.15) is 11.5 Å². The molecule has 22 heavy (non-hydrogen) atoms. The van der Waals surface area contributed by atoms with E-state index in [1.165, 1.54) is 5.69 Å². The number of nitrogens with one attached hydrogen (secondary N) is 1. The summed E-state index contributed by atoms with van der Waals surface area (Å²) in [7, 11) is 3.33. The van der Waals surface area contributed by atoms with E-state index in [1.807, 2.05) is 25.1 Å². The number of rotatable bonds is 8.